The third-order valence-electron chi connectivity index (χ3n) is 4.09. The first-order valence-electron chi connectivity index (χ1n) is 7.00. The molecule has 0 aromatic heterocycles. The Morgan fingerprint density at radius 2 is 1.82 bits per heavy atom. The van der Waals surface area contributed by atoms with Gasteiger partial charge in [-0.05, 0) is 42.7 Å². The normalized spacial score (nSPS) is 15.4. The van der Waals surface area contributed by atoms with E-state index >= 15 is 0 Å². The number of nitrogens with one attached hydrogen (secondary N) is 1. The Labute approximate surface area is 138 Å². The van der Waals surface area contributed by atoms with Crippen LogP contribution in [-0.4, -0.2) is 12.5 Å². The summed E-state index contributed by atoms with van der Waals surface area (Å²) in [7, 11) is 0. The lowest BCUT2D eigenvalue weighted by Crippen LogP contribution is -2.32. The van der Waals surface area contributed by atoms with Crippen molar-refractivity contribution >= 4 is 29.1 Å². The Hall–Kier alpha value is -1.58. The van der Waals surface area contributed by atoms with Gasteiger partial charge in [0.25, 0.3) is 5.91 Å². The van der Waals surface area contributed by atoms with Crippen molar-refractivity contribution in [3.05, 3.63) is 69.5 Å². The van der Waals surface area contributed by atoms with Crippen LogP contribution in [0.15, 0.2) is 42.5 Å². The molecule has 0 unspecified atom stereocenters. The average Bonchev–Trinajstić information content (AvgIpc) is 3.27. The van der Waals surface area contributed by atoms with Gasteiger partial charge in [-0.2, -0.15) is 0 Å². The standard InChI is InChI=1S/C17H14Cl2FNO/c18-12-6-4-11(5-7-12)17(8-9-17)10-21-16(22)15-13(19)2-1-3-14(15)20/h1-7H,8-10H2,(H,21,22). The van der Waals surface area contributed by atoms with E-state index in [4.69, 9.17) is 23.2 Å². The van der Waals surface area contributed by atoms with E-state index in [1.54, 1.807) is 0 Å². The van der Waals surface area contributed by atoms with E-state index in [1.807, 2.05) is 24.3 Å². The van der Waals surface area contributed by atoms with Crippen LogP contribution < -0.4 is 5.32 Å². The van der Waals surface area contributed by atoms with Crippen molar-refractivity contribution in [2.75, 3.05) is 6.54 Å². The Morgan fingerprint density at radius 1 is 1.14 bits per heavy atom. The Kier molecular flexibility index (Phi) is 4.11. The minimum atomic E-state index is -0.610. The summed E-state index contributed by atoms with van der Waals surface area (Å²) in [4.78, 5) is 12.2. The van der Waals surface area contributed by atoms with Crippen LogP contribution in [0.2, 0.25) is 10.0 Å². The van der Waals surface area contributed by atoms with Crippen molar-refractivity contribution in [3.8, 4) is 0 Å². The first-order chi connectivity index (χ1) is 10.5. The van der Waals surface area contributed by atoms with Gasteiger partial charge in [0.15, 0.2) is 0 Å². The number of rotatable bonds is 4. The molecule has 0 heterocycles. The van der Waals surface area contributed by atoms with Gasteiger partial charge in [0.05, 0.1) is 10.6 Å². The molecule has 3 rings (SSSR count). The molecule has 1 aliphatic rings. The molecule has 5 heteroatoms. The van der Waals surface area contributed by atoms with Crippen LogP contribution in [-0.2, 0) is 5.41 Å². The molecule has 1 N–H and O–H groups in total. The fourth-order valence-electron chi connectivity index (χ4n) is 2.57. The molecule has 0 spiro atoms. The van der Waals surface area contributed by atoms with Gasteiger partial charge in [0.2, 0.25) is 0 Å². The molecule has 2 aromatic rings. The Balaban J connectivity index is 1.72. The molecule has 1 fully saturated rings. The van der Waals surface area contributed by atoms with E-state index < -0.39 is 11.7 Å². The number of benzene rings is 2. The maximum atomic E-state index is 13.7. The lowest BCUT2D eigenvalue weighted by atomic mass is 9.96. The first kappa shape index (κ1) is 15.3. The van der Waals surface area contributed by atoms with Gasteiger partial charge < -0.3 is 5.32 Å². The van der Waals surface area contributed by atoms with Crippen LogP contribution in [0.25, 0.3) is 0 Å². The summed E-state index contributed by atoms with van der Waals surface area (Å²) in [5.41, 5.74) is 0.964. The third-order valence-corrected chi connectivity index (χ3v) is 4.65. The van der Waals surface area contributed by atoms with Crippen molar-refractivity contribution in [3.63, 3.8) is 0 Å². The van der Waals surface area contributed by atoms with Crippen molar-refractivity contribution in [2.45, 2.75) is 18.3 Å². The predicted molar refractivity (Wildman–Crippen MR) is 86.1 cm³/mol. The van der Waals surface area contributed by atoms with Gasteiger partial charge in [0, 0.05) is 17.0 Å². The van der Waals surface area contributed by atoms with E-state index in [2.05, 4.69) is 5.32 Å². The summed E-state index contributed by atoms with van der Waals surface area (Å²) in [6.07, 6.45) is 1.97. The fraction of sp³-hybridized carbons (Fsp3) is 0.235. The van der Waals surface area contributed by atoms with Crippen LogP contribution in [0.1, 0.15) is 28.8 Å². The summed E-state index contributed by atoms with van der Waals surface area (Å²) >= 11 is 11.8. The zero-order chi connectivity index (χ0) is 15.7. The van der Waals surface area contributed by atoms with Crippen LogP contribution >= 0.6 is 23.2 Å². The van der Waals surface area contributed by atoms with Gasteiger partial charge in [-0.25, -0.2) is 4.39 Å². The molecule has 0 saturated heterocycles. The van der Waals surface area contributed by atoms with E-state index in [-0.39, 0.29) is 16.0 Å². The average molecular weight is 338 g/mol. The SMILES string of the molecule is O=C(NCC1(c2ccc(Cl)cc2)CC1)c1c(F)cccc1Cl. The quantitative estimate of drug-likeness (QED) is 0.868. The smallest absolute Gasteiger partial charge is 0.255 e. The molecular formula is C17H14Cl2FNO. The van der Waals surface area contributed by atoms with Crippen LogP contribution in [0.3, 0.4) is 0 Å². The summed E-state index contributed by atoms with van der Waals surface area (Å²) in [6.45, 7) is 0.456. The summed E-state index contributed by atoms with van der Waals surface area (Å²) < 4.78 is 13.7. The highest BCUT2D eigenvalue weighted by Gasteiger charge is 2.44. The van der Waals surface area contributed by atoms with Crippen LogP contribution in [0.4, 0.5) is 4.39 Å². The molecule has 0 aliphatic heterocycles. The second kappa shape index (κ2) is 5.90. The summed E-state index contributed by atoms with van der Waals surface area (Å²) in [6, 6.07) is 11.8. The van der Waals surface area contributed by atoms with Crippen molar-refractivity contribution in [2.24, 2.45) is 0 Å². The predicted octanol–water partition coefficient (Wildman–Crippen LogP) is 4.59. The Bertz CT molecular complexity index is 691. The second-order valence-corrected chi connectivity index (χ2v) is 6.41. The number of amides is 1. The minimum absolute atomic E-state index is 0.0714. The molecule has 0 atom stereocenters. The lowest BCUT2D eigenvalue weighted by molar-refractivity contribution is 0.0946. The van der Waals surface area contributed by atoms with E-state index in [0.717, 1.165) is 18.4 Å². The topological polar surface area (TPSA) is 29.1 Å². The Morgan fingerprint density at radius 3 is 2.41 bits per heavy atom. The summed E-state index contributed by atoms with van der Waals surface area (Å²) in [5, 5.41) is 3.60. The van der Waals surface area contributed by atoms with Gasteiger partial charge in [-0.1, -0.05) is 41.4 Å². The van der Waals surface area contributed by atoms with E-state index in [9.17, 15) is 9.18 Å². The third kappa shape index (κ3) is 2.96. The molecule has 1 amide bonds. The summed E-state index contributed by atoms with van der Waals surface area (Å²) in [5.74, 6) is -1.09. The zero-order valence-corrected chi connectivity index (χ0v) is 13.2. The number of carbonyl (C=O) groups is 1. The maximum Gasteiger partial charge on any atom is 0.255 e. The highest BCUT2D eigenvalue weighted by atomic mass is 35.5. The number of hydrogen-bond donors (Lipinski definition) is 1. The van der Waals surface area contributed by atoms with Crippen molar-refractivity contribution in [1.82, 2.24) is 5.32 Å². The van der Waals surface area contributed by atoms with Crippen molar-refractivity contribution in [1.29, 1.82) is 0 Å². The lowest BCUT2D eigenvalue weighted by Gasteiger charge is -2.17. The van der Waals surface area contributed by atoms with Crippen LogP contribution in [0, 0.1) is 5.82 Å². The minimum Gasteiger partial charge on any atom is -0.351 e. The maximum absolute atomic E-state index is 13.7. The molecule has 2 aromatic carbocycles. The number of halogens is 3. The molecule has 114 valence electrons. The first-order valence-corrected chi connectivity index (χ1v) is 7.76. The van der Waals surface area contributed by atoms with Gasteiger partial charge in [0.1, 0.15) is 5.82 Å². The largest absolute Gasteiger partial charge is 0.351 e. The molecule has 22 heavy (non-hydrogen) atoms. The molecule has 2 nitrogen and oxygen atoms in total. The van der Waals surface area contributed by atoms with Gasteiger partial charge >= 0.3 is 0 Å². The number of carbonyl (C=O) groups excluding carboxylic acids is 1. The number of hydrogen-bond acceptors (Lipinski definition) is 1. The van der Waals surface area contributed by atoms with E-state index in [0.29, 0.717) is 11.6 Å². The molecule has 0 radical (unpaired) electrons. The zero-order valence-electron chi connectivity index (χ0n) is 11.7. The van der Waals surface area contributed by atoms with Gasteiger partial charge in [-0.3, -0.25) is 4.79 Å². The molecule has 1 aliphatic carbocycles. The fourth-order valence-corrected chi connectivity index (χ4v) is 2.95. The molecule has 1 saturated carbocycles. The van der Waals surface area contributed by atoms with Crippen molar-refractivity contribution < 1.29 is 9.18 Å². The molecule has 0 bridgehead atoms. The second-order valence-electron chi connectivity index (χ2n) is 5.57. The van der Waals surface area contributed by atoms with Gasteiger partial charge in [-0.15, -0.1) is 0 Å². The highest BCUT2D eigenvalue weighted by Crippen LogP contribution is 2.47. The molecular weight excluding hydrogens is 324 g/mol. The van der Waals surface area contributed by atoms with E-state index in [1.165, 1.54) is 18.2 Å². The highest BCUT2D eigenvalue weighted by molar-refractivity contribution is 6.33. The monoisotopic (exact) mass is 337 g/mol. The van der Waals surface area contributed by atoms with Crippen LogP contribution in [0.5, 0.6) is 0 Å².